The molecular weight excluding hydrogens is 438 g/mol. The van der Waals surface area contributed by atoms with E-state index in [4.69, 9.17) is 21.1 Å². The molecule has 0 aliphatic carbocycles. The van der Waals surface area contributed by atoms with Gasteiger partial charge in [0, 0.05) is 15.5 Å². The van der Waals surface area contributed by atoms with Gasteiger partial charge in [0.2, 0.25) is 6.79 Å². The summed E-state index contributed by atoms with van der Waals surface area (Å²) in [6.45, 7) is 0.350. The molecule has 0 spiro atoms. The predicted octanol–water partition coefficient (Wildman–Crippen LogP) is 4.75. The maximum absolute atomic E-state index is 13.1. The summed E-state index contributed by atoms with van der Waals surface area (Å²) in [4.78, 5) is 28.5. The fourth-order valence-corrected chi connectivity index (χ4v) is 4.63. The van der Waals surface area contributed by atoms with Gasteiger partial charge in [0.05, 0.1) is 18.2 Å². The Balaban J connectivity index is 1.64. The summed E-state index contributed by atoms with van der Waals surface area (Å²) in [5.41, 5.74) is 1.09. The molecule has 1 fully saturated rings. The minimum atomic E-state index is -0.746. The lowest BCUT2D eigenvalue weighted by atomic mass is 9.95. The minimum Gasteiger partial charge on any atom is -0.507 e. The normalized spacial score (nSPS) is 19.3. The largest absolute Gasteiger partial charge is 0.507 e. The number of halogens is 1. The number of fused-ring (bicyclic) bond motifs is 1. The van der Waals surface area contributed by atoms with Gasteiger partial charge < -0.3 is 19.5 Å². The molecule has 1 unspecified atom stereocenters. The van der Waals surface area contributed by atoms with E-state index in [0.717, 1.165) is 4.88 Å². The molecule has 3 heterocycles. The quantitative estimate of drug-likeness (QED) is 0.350. The van der Waals surface area contributed by atoms with Gasteiger partial charge in [0.1, 0.15) is 5.76 Å². The van der Waals surface area contributed by atoms with Gasteiger partial charge in [-0.05, 0) is 47.3 Å². The molecule has 0 bridgehead atoms. The Kier molecular flexibility index (Phi) is 4.92. The van der Waals surface area contributed by atoms with Crippen molar-refractivity contribution in [1.29, 1.82) is 0 Å². The summed E-state index contributed by atoms with van der Waals surface area (Å²) in [5, 5.41) is 13.6. The summed E-state index contributed by atoms with van der Waals surface area (Å²) in [5.74, 6) is -0.614. The molecule has 1 amide bonds. The second kappa shape index (κ2) is 7.76. The molecule has 0 saturated carbocycles. The van der Waals surface area contributed by atoms with Crippen molar-refractivity contribution in [2.45, 2.75) is 12.6 Å². The first-order chi connectivity index (χ1) is 15.0. The van der Waals surface area contributed by atoms with Gasteiger partial charge in [0.15, 0.2) is 11.5 Å². The van der Waals surface area contributed by atoms with Crippen molar-refractivity contribution >= 4 is 40.4 Å². The highest BCUT2D eigenvalue weighted by molar-refractivity contribution is 7.09. The van der Waals surface area contributed by atoms with Crippen molar-refractivity contribution in [3.05, 3.63) is 86.6 Å². The van der Waals surface area contributed by atoms with Gasteiger partial charge in [-0.2, -0.15) is 0 Å². The van der Waals surface area contributed by atoms with E-state index in [1.807, 2.05) is 17.5 Å². The standard InChI is InChI=1S/C23H16ClNO5S/c24-15-6-3-13(4-7-15)20-19(21(26)14-5-8-17-18(10-14)30-12-29-17)22(27)23(28)25(20)11-16-2-1-9-31-16/h1-10,20,26H,11-12H2/b21-19+. The van der Waals surface area contributed by atoms with E-state index in [9.17, 15) is 14.7 Å². The highest BCUT2D eigenvalue weighted by Crippen LogP contribution is 2.42. The molecule has 2 aromatic carbocycles. The van der Waals surface area contributed by atoms with E-state index in [1.54, 1.807) is 42.5 Å². The third-order valence-corrected chi connectivity index (χ3v) is 6.39. The van der Waals surface area contributed by atoms with Crippen LogP contribution in [0.1, 0.15) is 22.0 Å². The van der Waals surface area contributed by atoms with Crippen molar-refractivity contribution in [2.75, 3.05) is 6.79 Å². The molecule has 5 rings (SSSR count). The van der Waals surface area contributed by atoms with Gasteiger partial charge in [0.25, 0.3) is 11.7 Å². The first-order valence-electron chi connectivity index (χ1n) is 9.49. The number of thiophene rings is 1. The Labute approximate surface area is 186 Å². The predicted molar refractivity (Wildman–Crippen MR) is 116 cm³/mol. The smallest absolute Gasteiger partial charge is 0.295 e. The fraction of sp³-hybridized carbons (Fsp3) is 0.130. The van der Waals surface area contributed by atoms with Crippen molar-refractivity contribution in [1.82, 2.24) is 4.90 Å². The minimum absolute atomic E-state index is 0.0303. The van der Waals surface area contributed by atoms with E-state index in [1.165, 1.54) is 16.2 Å². The number of nitrogens with zero attached hydrogens (tertiary/aromatic N) is 1. The number of aliphatic hydroxyl groups is 1. The first kappa shape index (κ1) is 19.7. The second-order valence-corrected chi connectivity index (χ2v) is 8.59. The van der Waals surface area contributed by atoms with E-state index < -0.39 is 17.7 Å². The molecule has 2 aliphatic rings. The van der Waals surface area contributed by atoms with E-state index >= 15 is 0 Å². The summed E-state index contributed by atoms with van der Waals surface area (Å²) in [6, 6.07) is 14.9. The third-order valence-electron chi connectivity index (χ3n) is 5.28. The summed E-state index contributed by atoms with van der Waals surface area (Å²) < 4.78 is 10.7. The average Bonchev–Trinajstić information content (AvgIpc) is 3.51. The van der Waals surface area contributed by atoms with Crippen LogP contribution < -0.4 is 9.47 Å². The number of likely N-dealkylation sites (tertiary alicyclic amines) is 1. The number of carbonyl (C=O) groups is 2. The zero-order valence-electron chi connectivity index (χ0n) is 16.1. The van der Waals surface area contributed by atoms with Crippen molar-refractivity contribution in [3.8, 4) is 11.5 Å². The molecule has 1 N–H and O–H groups in total. The summed E-state index contributed by atoms with van der Waals surface area (Å²) in [6.07, 6.45) is 0. The fourth-order valence-electron chi connectivity index (χ4n) is 3.80. The molecule has 0 radical (unpaired) electrons. The van der Waals surface area contributed by atoms with Crippen LogP contribution >= 0.6 is 22.9 Å². The second-order valence-electron chi connectivity index (χ2n) is 7.13. The van der Waals surface area contributed by atoms with Crippen LogP contribution in [0.25, 0.3) is 5.76 Å². The topological polar surface area (TPSA) is 76.1 Å². The van der Waals surface area contributed by atoms with Crippen molar-refractivity contribution < 1.29 is 24.2 Å². The molecule has 8 heteroatoms. The van der Waals surface area contributed by atoms with Crippen LogP contribution in [0.4, 0.5) is 0 Å². The van der Waals surface area contributed by atoms with Crippen molar-refractivity contribution in [2.24, 2.45) is 0 Å². The number of hydrogen-bond acceptors (Lipinski definition) is 6. The maximum Gasteiger partial charge on any atom is 0.295 e. The lowest BCUT2D eigenvalue weighted by Gasteiger charge is -2.25. The zero-order valence-corrected chi connectivity index (χ0v) is 17.7. The van der Waals surface area contributed by atoms with Crippen LogP contribution in [0.3, 0.4) is 0 Å². The number of rotatable bonds is 4. The lowest BCUT2D eigenvalue weighted by molar-refractivity contribution is -0.140. The Morgan fingerprint density at radius 1 is 1.10 bits per heavy atom. The Bertz CT molecular complexity index is 1200. The monoisotopic (exact) mass is 453 g/mol. The summed E-state index contributed by atoms with van der Waals surface area (Å²) in [7, 11) is 0. The number of aliphatic hydroxyl groups excluding tert-OH is 1. The van der Waals surface area contributed by atoms with Crippen LogP contribution in [0.5, 0.6) is 11.5 Å². The zero-order chi connectivity index (χ0) is 21.5. The first-order valence-corrected chi connectivity index (χ1v) is 10.7. The molecule has 2 aliphatic heterocycles. The number of benzene rings is 2. The van der Waals surface area contributed by atoms with Crippen LogP contribution in [-0.2, 0) is 16.1 Å². The van der Waals surface area contributed by atoms with Gasteiger partial charge in [-0.3, -0.25) is 9.59 Å². The highest BCUT2D eigenvalue weighted by Gasteiger charge is 2.46. The van der Waals surface area contributed by atoms with E-state index in [0.29, 0.717) is 27.6 Å². The number of ether oxygens (including phenoxy) is 2. The molecule has 1 atom stereocenters. The molecule has 3 aromatic rings. The lowest BCUT2D eigenvalue weighted by Crippen LogP contribution is -2.28. The Hall–Kier alpha value is -3.29. The third kappa shape index (κ3) is 3.45. The van der Waals surface area contributed by atoms with Crippen LogP contribution in [0, 0.1) is 0 Å². The number of amides is 1. The molecule has 1 aromatic heterocycles. The SMILES string of the molecule is O=C1C(=O)N(Cc2cccs2)C(c2ccc(Cl)cc2)/C1=C(\O)c1ccc2c(c1)OCO2. The van der Waals surface area contributed by atoms with Crippen LogP contribution in [-0.4, -0.2) is 28.5 Å². The molecule has 31 heavy (non-hydrogen) atoms. The van der Waals surface area contributed by atoms with Crippen LogP contribution in [0.15, 0.2) is 65.6 Å². The van der Waals surface area contributed by atoms with Gasteiger partial charge in [-0.25, -0.2) is 0 Å². The highest BCUT2D eigenvalue weighted by atomic mass is 35.5. The van der Waals surface area contributed by atoms with Crippen LogP contribution in [0.2, 0.25) is 5.02 Å². The molecule has 156 valence electrons. The number of hydrogen-bond donors (Lipinski definition) is 1. The van der Waals surface area contributed by atoms with E-state index in [-0.39, 0.29) is 24.7 Å². The number of ketones is 1. The van der Waals surface area contributed by atoms with Gasteiger partial charge in [-0.15, -0.1) is 11.3 Å². The number of Topliss-reactive ketones (excluding diaryl/α,β-unsaturated/α-hetero) is 1. The maximum atomic E-state index is 13.1. The van der Waals surface area contributed by atoms with E-state index in [2.05, 4.69) is 0 Å². The molecular formula is C23H16ClNO5S. The molecule has 1 saturated heterocycles. The van der Waals surface area contributed by atoms with Gasteiger partial charge in [-0.1, -0.05) is 29.8 Å². The molecule has 6 nitrogen and oxygen atoms in total. The average molecular weight is 454 g/mol. The Morgan fingerprint density at radius 2 is 1.87 bits per heavy atom. The van der Waals surface area contributed by atoms with Crippen molar-refractivity contribution in [3.63, 3.8) is 0 Å². The van der Waals surface area contributed by atoms with Gasteiger partial charge >= 0.3 is 0 Å². The summed E-state index contributed by atoms with van der Waals surface area (Å²) >= 11 is 7.54. The number of carbonyl (C=O) groups excluding carboxylic acids is 2. The Morgan fingerprint density at radius 3 is 2.61 bits per heavy atom.